The molecule has 3 heteroatoms. The van der Waals surface area contributed by atoms with Crippen molar-refractivity contribution in [2.24, 2.45) is 0 Å². The van der Waals surface area contributed by atoms with Gasteiger partial charge in [-0.05, 0) is 31.9 Å². The molecule has 0 aromatic heterocycles. The number of benzene rings is 1. The van der Waals surface area contributed by atoms with E-state index in [2.05, 4.69) is 25.2 Å². The topological polar surface area (TPSA) is 32.3 Å². The zero-order valence-electron chi connectivity index (χ0n) is 11.4. The van der Waals surface area contributed by atoms with Gasteiger partial charge in [0.1, 0.15) is 6.04 Å². The van der Waals surface area contributed by atoms with Crippen molar-refractivity contribution in [3.63, 3.8) is 0 Å². The molecule has 0 saturated carbocycles. The maximum Gasteiger partial charge on any atom is 0.245 e. The fraction of sp³-hybridized carbons (Fsp3) is 0.533. The minimum atomic E-state index is -0.0867. The Kier molecular flexibility index (Phi) is 3.90. The quantitative estimate of drug-likeness (QED) is 0.886. The predicted octanol–water partition coefficient (Wildman–Crippen LogP) is 2.67. The first kappa shape index (κ1) is 12.9. The van der Waals surface area contributed by atoms with Crippen LogP contribution in [0.15, 0.2) is 24.3 Å². The molecular formula is C15H22N2O. The van der Waals surface area contributed by atoms with E-state index < -0.39 is 0 Å². The van der Waals surface area contributed by atoms with Gasteiger partial charge in [-0.2, -0.15) is 0 Å². The van der Waals surface area contributed by atoms with Crippen LogP contribution < -0.4 is 5.32 Å². The highest BCUT2D eigenvalue weighted by molar-refractivity contribution is 5.87. The summed E-state index contributed by atoms with van der Waals surface area (Å²) < 4.78 is 0. The van der Waals surface area contributed by atoms with Gasteiger partial charge in [-0.1, -0.05) is 25.1 Å². The van der Waals surface area contributed by atoms with Crippen molar-refractivity contribution in [3.8, 4) is 0 Å². The predicted molar refractivity (Wildman–Crippen MR) is 74.7 cm³/mol. The van der Waals surface area contributed by atoms with Crippen LogP contribution in [0.1, 0.15) is 32.8 Å². The zero-order chi connectivity index (χ0) is 13.1. The molecule has 0 aliphatic carbocycles. The minimum Gasteiger partial charge on any atom is -0.373 e. The molecule has 1 aliphatic rings. The second-order valence-corrected chi connectivity index (χ2v) is 4.94. The lowest BCUT2D eigenvalue weighted by Crippen LogP contribution is -2.46. The Hall–Kier alpha value is -1.51. The Morgan fingerprint density at radius 1 is 1.44 bits per heavy atom. The van der Waals surface area contributed by atoms with Gasteiger partial charge in [0.15, 0.2) is 0 Å². The number of carbonyl (C=O) groups is 1. The Balaban J connectivity index is 2.08. The van der Waals surface area contributed by atoms with Gasteiger partial charge in [0, 0.05) is 24.7 Å². The van der Waals surface area contributed by atoms with Crippen molar-refractivity contribution < 1.29 is 4.79 Å². The molecule has 2 unspecified atom stereocenters. The van der Waals surface area contributed by atoms with E-state index in [1.807, 2.05) is 30.0 Å². The average Bonchev–Trinajstić information content (AvgIpc) is 2.82. The third-order valence-corrected chi connectivity index (χ3v) is 3.82. The third-order valence-electron chi connectivity index (χ3n) is 3.82. The van der Waals surface area contributed by atoms with E-state index in [1.54, 1.807) is 0 Å². The molecule has 98 valence electrons. The number of fused-ring (bicyclic) bond motifs is 1. The van der Waals surface area contributed by atoms with Gasteiger partial charge in [0.2, 0.25) is 5.91 Å². The monoisotopic (exact) mass is 246 g/mol. The third kappa shape index (κ3) is 2.35. The summed E-state index contributed by atoms with van der Waals surface area (Å²) in [6.07, 6.45) is 1.81. The lowest BCUT2D eigenvalue weighted by atomic mass is 10.1. The van der Waals surface area contributed by atoms with Gasteiger partial charge in [0.25, 0.3) is 0 Å². The molecule has 1 amide bonds. The number of nitrogens with zero attached hydrogens (tertiary/aromatic N) is 1. The molecule has 0 radical (unpaired) electrons. The van der Waals surface area contributed by atoms with E-state index in [4.69, 9.17) is 0 Å². The Bertz CT molecular complexity index is 405. The Labute approximate surface area is 109 Å². The van der Waals surface area contributed by atoms with Crippen molar-refractivity contribution in [2.75, 3.05) is 11.9 Å². The smallest absolute Gasteiger partial charge is 0.245 e. The van der Waals surface area contributed by atoms with Crippen molar-refractivity contribution in [2.45, 2.75) is 45.7 Å². The molecule has 1 aromatic rings. The number of para-hydroxylation sites is 1. The van der Waals surface area contributed by atoms with E-state index in [-0.39, 0.29) is 11.9 Å². The second kappa shape index (κ2) is 5.42. The fourth-order valence-corrected chi connectivity index (χ4v) is 2.55. The van der Waals surface area contributed by atoms with Crippen LogP contribution in [0.4, 0.5) is 5.69 Å². The van der Waals surface area contributed by atoms with Crippen LogP contribution in [0.2, 0.25) is 0 Å². The minimum absolute atomic E-state index is 0.0867. The van der Waals surface area contributed by atoms with Crippen LogP contribution in [-0.4, -0.2) is 29.4 Å². The fourth-order valence-electron chi connectivity index (χ4n) is 2.55. The van der Waals surface area contributed by atoms with Crippen LogP contribution in [-0.2, 0) is 11.2 Å². The summed E-state index contributed by atoms with van der Waals surface area (Å²) in [5, 5.41) is 3.34. The van der Waals surface area contributed by atoms with Crippen molar-refractivity contribution in [1.82, 2.24) is 4.90 Å². The van der Waals surface area contributed by atoms with Gasteiger partial charge >= 0.3 is 0 Å². The molecule has 3 nitrogen and oxygen atoms in total. The number of hydrogen-bond donors (Lipinski definition) is 1. The second-order valence-electron chi connectivity index (χ2n) is 4.94. The SMILES string of the molecule is CCC(C)N(CC)C(=O)C1Cc2ccccc2N1. The summed E-state index contributed by atoms with van der Waals surface area (Å²) in [5.74, 6) is 0.225. The van der Waals surface area contributed by atoms with Gasteiger partial charge in [0.05, 0.1) is 0 Å². The van der Waals surface area contributed by atoms with E-state index >= 15 is 0 Å². The highest BCUT2D eigenvalue weighted by Crippen LogP contribution is 2.26. The zero-order valence-corrected chi connectivity index (χ0v) is 11.4. The molecule has 0 saturated heterocycles. The molecule has 0 fully saturated rings. The number of anilines is 1. The summed E-state index contributed by atoms with van der Waals surface area (Å²) in [7, 11) is 0. The summed E-state index contributed by atoms with van der Waals surface area (Å²) in [6, 6.07) is 8.39. The number of rotatable bonds is 4. The largest absolute Gasteiger partial charge is 0.373 e. The van der Waals surface area contributed by atoms with Crippen molar-refractivity contribution >= 4 is 11.6 Å². The lowest BCUT2D eigenvalue weighted by Gasteiger charge is -2.29. The summed E-state index contributed by atoms with van der Waals surface area (Å²) in [6.45, 7) is 7.06. The molecule has 2 atom stereocenters. The first-order chi connectivity index (χ1) is 8.67. The average molecular weight is 246 g/mol. The molecule has 0 bridgehead atoms. The van der Waals surface area contributed by atoms with Gasteiger partial charge in [-0.3, -0.25) is 4.79 Å². The standard InChI is InChI=1S/C15H22N2O/c1-4-11(3)17(5-2)15(18)14-10-12-8-6-7-9-13(12)16-14/h6-9,11,14,16H,4-5,10H2,1-3H3. The number of likely N-dealkylation sites (N-methyl/N-ethyl adjacent to an activating group) is 1. The maximum absolute atomic E-state index is 12.5. The van der Waals surface area contributed by atoms with Crippen molar-refractivity contribution in [1.29, 1.82) is 0 Å². The van der Waals surface area contributed by atoms with Crippen LogP contribution in [0, 0.1) is 0 Å². The normalized spacial score (nSPS) is 18.9. The lowest BCUT2D eigenvalue weighted by molar-refractivity contribution is -0.133. The van der Waals surface area contributed by atoms with Gasteiger partial charge in [-0.15, -0.1) is 0 Å². The van der Waals surface area contributed by atoms with E-state index in [1.165, 1.54) is 5.56 Å². The molecule has 1 aliphatic heterocycles. The number of carbonyl (C=O) groups excluding carboxylic acids is 1. The first-order valence-corrected chi connectivity index (χ1v) is 6.82. The summed E-state index contributed by atoms with van der Waals surface area (Å²) in [4.78, 5) is 14.5. The van der Waals surface area contributed by atoms with Gasteiger partial charge in [-0.25, -0.2) is 0 Å². The van der Waals surface area contributed by atoms with E-state index in [0.29, 0.717) is 6.04 Å². The first-order valence-electron chi connectivity index (χ1n) is 6.82. The Morgan fingerprint density at radius 3 is 2.78 bits per heavy atom. The molecular weight excluding hydrogens is 224 g/mol. The van der Waals surface area contributed by atoms with Gasteiger partial charge < -0.3 is 10.2 Å². The summed E-state index contributed by atoms with van der Waals surface area (Å²) >= 11 is 0. The molecule has 18 heavy (non-hydrogen) atoms. The van der Waals surface area contributed by atoms with Crippen molar-refractivity contribution in [3.05, 3.63) is 29.8 Å². The molecule has 0 spiro atoms. The van der Waals surface area contributed by atoms with Crippen LogP contribution in [0.5, 0.6) is 0 Å². The molecule has 1 heterocycles. The molecule has 1 aromatic carbocycles. The number of hydrogen-bond acceptors (Lipinski definition) is 2. The Morgan fingerprint density at radius 2 is 2.17 bits per heavy atom. The van der Waals surface area contributed by atoms with Crippen LogP contribution in [0.3, 0.4) is 0 Å². The number of amides is 1. The van der Waals surface area contributed by atoms with Crippen LogP contribution in [0.25, 0.3) is 0 Å². The van der Waals surface area contributed by atoms with Crippen LogP contribution >= 0.6 is 0 Å². The maximum atomic E-state index is 12.5. The highest BCUT2D eigenvalue weighted by Gasteiger charge is 2.30. The molecule has 2 rings (SSSR count). The van der Waals surface area contributed by atoms with E-state index in [0.717, 1.165) is 25.1 Å². The highest BCUT2D eigenvalue weighted by atomic mass is 16.2. The van der Waals surface area contributed by atoms with E-state index in [9.17, 15) is 4.79 Å². The number of nitrogens with one attached hydrogen (secondary N) is 1. The summed E-state index contributed by atoms with van der Waals surface area (Å²) in [5.41, 5.74) is 2.35. The molecule has 1 N–H and O–H groups in total.